The lowest BCUT2D eigenvalue weighted by Gasteiger charge is -2.29. The van der Waals surface area contributed by atoms with Crippen molar-refractivity contribution in [2.24, 2.45) is 5.41 Å². The van der Waals surface area contributed by atoms with E-state index in [2.05, 4.69) is 39.1 Å². The molecule has 0 N–H and O–H groups in total. The van der Waals surface area contributed by atoms with E-state index in [1.807, 2.05) is 24.5 Å². The Hall–Kier alpha value is -1.85. The van der Waals surface area contributed by atoms with Crippen LogP contribution in [0.2, 0.25) is 0 Å². The number of ether oxygens (including phenoxy) is 1. The molecule has 0 radical (unpaired) electrons. The van der Waals surface area contributed by atoms with Gasteiger partial charge in [0.2, 0.25) is 0 Å². The molecule has 0 aromatic carbocycles. The van der Waals surface area contributed by atoms with Crippen molar-refractivity contribution < 1.29 is 4.74 Å². The van der Waals surface area contributed by atoms with Crippen LogP contribution in [0.5, 0.6) is 0 Å². The van der Waals surface area contributed by atoms with E-state index < -0.39 is 0 Å². The Morgan fingerprint density at radius 1 is 1.25 bits per heavy atom. The fourth-order valence-electron chi connectivity index (χ4n) is 3.49. The van der Waals surface area contributed by atoms with Gasteiger partial charge in [0.1, 0.15) is 0 Å². The van der Waals surface area contributed by atoms with E-state index in [1.54, 1.807) is 6.20 Å². The van der Waals surface area contributed by atoms with E-state index in [4.69, 9.17) is 4.74 Å². The minimum absolute atomic E-state index is 0.218. The van der Waals surface area contributed by atoms with Gasteiger partial charge in [0.05, 0.1) is 12.3 Å². The minimum Gasteiger partial charge on any atom is -0.381 e. The number of hydrogen-bond donors (Lipinski definition) is 0. The molecule has 128 valence electrons. The maximum absolute atomic E-state index is 5.83. The van der Waals surface area contributed by atoms with Crippen molar-refractivity contribution >= 4 is 0 Å². The second-order valence-corrected chi connectivity index (χ2v) is 6.67. The van der Waals surface area contributed by atoms with Gasteiger partial charge in [-0.1, -0.05) is 6.07 Å². The summed E-state index contributed by atoms with van der Waals surface area (Å²) >= 11 is 0. The zero-order valence-electron chi connectivity index (χ0n) is 14.4. The fourth-order valence-corrected chi connectivity index (χ4v) is 3.49. The summed E-state index contributed by atoms with van der Waals surface area (Å²) in [6, 6.07) is 8.17. The molecule has 3 heterocycles. The zero-order chi connectivity index (χ0) is 16.7. The third-order valence-electron chi connectivity index (χ3n) is 4.80. The first-order chi connectivity index (χ1) is 11.8. The Labute approximate surface area is 144 Å². The quantitative estimate of drug-likeness (QED) is 0.746. The van der Waals surface area contributed by atoms with Crippen LogP contribution in [0.3, 0.4) is 0 Å². The molecule has 24 heavy (non-hydrogen) atoms. The lowest BCUT2D eigenvalue weighted by Crippen LogP contribution is -2.32. The summed E-state index contributed by atoms with van der Waals surface area (Å²) in [5, 5.41) is 8.21. The Bertz CT molecular complexity index is 607. The highest BCUT2D eigenvalue weighted by Gasteiger charge is 2.38. The van der Waals surface area contributed by atoms with Gasteiger partial charge < -0.3 is 4.74 Å². The maximum Gasteiger partial charge on any atom is 0.0631 e. The van der Waals surface area contributed by atoms with Gasteiger partial charge in [0, 0.05) is 43.7 Å². The predicted molar refractivity (Wildman–Crippen MR) is 93.4 cm³/mol. The topological polar surface area (TPSA) is 51.1 Å². The van der Waals surface area contributed by atoms with Crippen LogP contribution in [0, 0.1) is 5.41 Å². The molecule has 0 saturated carbocycles. The number of rotatable bonds is 8. The molecule has 1 atom stereocenters. The van der Waals surface area contributed by atoms with Crippen LogP contribution in [-0.4, -0.2) is 46.4 Å². The van der Waals surface area contributed by atoms with Crippen molar-refractivity contribution in [2.75, 3.05) is 26.3 Å². The molecule has 1 fully saturated rings. The number of aromatic nitrogens is 3. The number of hydrogen-bond acceptors (Lipinski definition) is 5. The van der Waals surface area contributed by atoms with Crippen LogP contribution >= 0.6 is 0 Å². The van der Waals surface area contributed by atoms with E-state index in [0.717, 1.165) is 51.4 Å². The van der Waals surface area contributed by atoms with Crippen LogP contribution < -0.4 is 0 Å². The molecule has 0 spiro atoms. The molecule has 0 bridgehead atoms. The Morgan fingerprint density at radius 3 is 2.92 bits per heavy atom. The van der Waals surface area contributed by atoms with Gasteiger partial charge in [-0.05, 0) is 56.5 Å². The molecular formula is C19H26N4O. The van der Waals surface area contributed by atoms with Gasteiger partial charge in [0.15, 0.2) is 0 Å². The summed E-state index contributed by atoms with van der Waals surface area (Å²) in [7, 11) is 0. The van der Waals surface area contributed by atoms with E-state index in [-0.39, 0.29) is 5.41 Å². The molecule has 0 aliphatic carbocycles. The van der Waals surface area contributed by atoms with Gasteiger partial charge in [-0.3, -0.25) is 9.88 Å². The first-order valence-corrected chi connectivity index (χ1v) is 8.75. The van der Waals surface area contributed by atoms with Crippen LogP contribution in [0.1, 0.15) is 31.0 Å². The van der Waals surface area contributed by atoms with Gasteiger partial charge in [-0.25, -0.2) is 0 Å². The SMILES string of the molecule is CCOC[C@]1(CCc2cccnn2)CCN(Cc2cccnc2)C1. The molecule has 1 saturated heterocycles. The monoisotopic (exact) mass is 326 g/mol. The summed E-state index contributed by atoms with van der Waals surface area (Å²) in [5.74, 6) is 0. The molecule has 0 amide bonds. The van der Waals surface area contributed by atoms with Crippen molar-refractivity contribution in [3.05, 3.63) is 54.1 Å². The second kappa shape index (κ2) is 8.31. The highest BCUT2D eigenvalue weighted by molar-refractivity contribution is 5.09. The lowest BCUT2D eigenvalue weighted by molar-refractivity contribution is 0.0487. The van der Waals surface area contributed by atoms with Gasteiger partial charge >= 0.3 is 0 Å². The van der Waals surface area contributed by atoms with Crippen LogP contribution in [0.4, 0.5) is 0 Å². The summed E-state index contributed by atoms with van der Waals surface area (Å²) in [5.41, 5.74) is 2.56. The maximum atomic E-state index is 5.83. The van der Waals surface area contributed by atoms with Crippen LogP contribution in [0.15, 0.2) is 42.9 Å². The largest absolute Gasteiger partial charge is 0.381 e. The van der Waals surface area contributed by atoms with Crippen molar-refractivity contribution in [3.63, 3.8) is 0 Å². The molecule has 5 nitrogen and oxygen atoms in total. The Morgan fingerprint density at radius 2 is 2.17 bits per heavy atom. The molecule has 0 unspecified atom stereocenters. The molecule has 2 aromatic rings. The normalized spacial score (nSPS) is 21.2. The van der Waals surface area contributed by atoms with E-state index in [1.165, 1.54) is 12.0 Å². The van der Waals surface area contributed by atoms with E-state index in [9.17, 15) is 0 Å². The average molecular weight is 326 g/mol. The van der Waals surface area contributed by atoms with Crippen LogP contribution in [-0.2, 0) is 17.7 Å². The highest BCUT2D eigenvalue weighted by Crippen LogP contribution is 2.36. The van der Waals surface area contributed by atoms with Gasteiger partial charge in [-0.15, -0.1) is 0 Å². The Balaban J connectivity index is 1.61. The standard InChI is InChI=1S/C19H26N4O/c1-2-24-16-19(8-7-18-6-4-11-21-22-18)9-12-23(15-19)14-17-5-3-10-20-13-17/h3-6,10-11,13H,2,7-9,12,14-16H2,1H3/t19-/m1/s1. The van der Waals surface area contributed by atoms with E-state index in [0.29, 0.717) is 0 Å². The number of nitrogens with zero attached hydrogens (tertiary/aromatic N) is 4. The molecule has 2 aromatic heterocycles. The molecule has 1 aliphatic heterocycles. The minimum atomic E-state index is 0.218. The smallest absolute Gasteiger partial charge is 0.0631 e. The van der Waals surface area contributed by atoms with Crippen molar-refractivity contribution in [3.8, 4) is 0 Å². The van der Waals surface area contributed by atoms with Gasteiger partial charge in [-0.2, -0.15) is 10.2 Å². The average Bonchev–Trinajstić information content (AvgIpc) is 3.03. The Kier molecular flexibility index (Phi) is 5.88. The van der Waals surface area contributed by atoms with Crippen molar-refractivity contribution in [1.29, 1.82) is 0 Å². The summed E-state index contributed by atoms with van der Waals surface area (Å²) in [6.07, 6.45) is 8.74. The predicted octanol–water partition coefficient (Wildman–Crippen LogP) is 2.73. The van der Waals surface area contributed by atoms with Gasteiger partial charge in [0.25, 0.3) is 0 Å². The number of aryl methyl sites for hydroxylation is 1. The third kappa shape index (κ3) is 4.58. The fraction of sp³-hybridized carbons (Fsp3) is 0.526. The summed E-state index contributed by atoms with van der Waals surface area (Å²) < 4.78 is 5.83. The third-order valence-corrected chi connectivity index (χ3v) is 4.80. The first kappa shape index (κ1) is 17.0. The number of pyridine rings is 1. The molecule has 1 aliphatic rings. The second-order valence-electron chi connectivity index (χ2n) is 6.67. The zero-order valence-corrected chi connectivity index (χ0v) is 14.4. The van der Waals surface area contributed by atoms with Crippen LogP contribution in [0.25, 0.3) is 0 Å². The molecule has 5 heteroatoms. The lowest BCUT2D eigenvalue weighted by atomic mass is 9.82. The highest BCUT2D eigenvalue weighted by atomic mass is 16.5. The van der Waals surface area contributed by atoms with Crippen molar-refractivity contribution in [2.45, 2.75) is 32.7 Å². The van der Waals surface area contributed by atoms with E-state index >= 15 is 0 Å². The van der Waals surface area contributed by atoms with Crippen molar-refractivity contribution in [1.82, 2.24) is 20.1 Å². The molecule has 3 rings (SSSR count). The molecular weight excluding hydrogens is 300 g/mol. The first-order valence-electron chi connectivity index (χ1n) is 8.75. The summed E-state index contributed by atoms with van der Waals surface area (Å²) in [6.45, 7) is 6.82. The summed E-state index contributed by atoms with van der Waals surface area (Å²) in [4.78, 5) is 6.74. The number of likely N-dealkylation sites (tertiary alicyclic amines) is 1.